The Bertz CT molecular complexity index is 724. The summed E-state index contributed by atoms with van der Waals surface area (Å²) in [4.78, 5) is 20.6. The molecule has 3 heterocycles. The van der Waals surface area contributed by atoms with Gasteiger partial charge in [0.15, 0.2) is 5.65 Å². The van der Waals surface area contributed by atoms with Crippen LogP contribution in [0.2, 0.25) is 0 Å². The number of nitrogens with zero attached hydrogens (tertiary/aromatic N) is 3. The highest BCUT2D eigenvalue weighted by Gasteiger charge is 2.25. The van der Waals surface area contributed by atoms with Gasteiger partial charge in [-0.2, -0.15) is 11.3 Å². The highest BCUT2D eigenvalue weighted by molar-refractivity contribution is 8.00. The molecule has 0 spiro atoms. The van der Waals surface area contributed by atoms with Crippen LogP contribution in [-0.2, 0) is 9.53 Å². The first kappa shape index (κ1) is 13.1. The molecule has 0 aliphatic carbocycles. The Balaban J connectivity index is 1.97. The van der Waals surface area contributed by atoms with E-state index in [0.717, 1.165) is 11.2 Å². The zero-order valence-corrected chi connectivity index (χ0v) is 12.2. The second-order valence-electron chi connectivity index (χ2n) is 3.97. The van der Waals surface area contributed by atoms with Crippen molar-refractivity contribution < 1.29 is 9.53 Å². The van der Waals surface area contributed by atoms with Crippen molar-refractivity contribution in [2.24, 2.45) is 0 Å². The number of methoxy groups -OCH3 is 1. The van der Waals surface area contributed by atoms with E-state index in [1.54, 1.807) is 23.7 Å². The van der Waals surface area contributed by atoms with Crippen molar-refractivity contribution >= 4 is 34.7 Å². The van der Waals surface area contributed by atoms with Gasteiger partial charge < -0.3 is 9.14 Å². The lowest BCUT2D eigenvalue weighted by Crippen LogP contribution is -2.11. The predicted octanol–water partition coefficient (Wildman–Crippen LogP) is 2.80. The SMILES string of the molecule is COC(=O)C(Sc1nccn2ccnc12)c1ccsc1. The summed E-state index contributed by atoms with van der Waals surface area (Å²) in [6.45, 7) is 0. The third-order valence-corrected chi connectivity index (χ3v) is 4.68. The molecule has 0 fully saturated rings. The molecule has 0 saturated heterocycles. The van der Waals surface area contributed by atoms with E-state index in [9.17, 15) is 4.79 Å². The van der Waals surface area contributed by atoms with Gasteiger partial charge in [0.05, 0.1) is 7.11 Å². The van der Waals surface area contributed by atoms with Crippen molar-refractivity contribution in [3.05, 3.63) is 47.2 Å². The first-order valence-electron chi connectivity index (χ1n) is 5.84. The number of aromatic nitrogens is 3. The van der Waals surface area contributed by atoms with Crippen molar-refractivity contribution in [3.8, 4) is 0 Å². The minimum atomic E-state index is -0.429. The summed E-state index contributed by atoms with van der Waals surface area (Å²) < 4.78 is 6.76. The highest BCUT2D eigenvalue weighted by atomic mass is 32.2. The van der Waals surface area contributed by atoms with Crippen LogP contribution in [0.15, 0.2) is 46.6 Å². The second kappa shape index (κ2) is 5.64. The van der Waals surface area contributed by atoms with E-state index in [1.807, 2.05) is 33.6 Å². The maximum Gasteiger partial charge on any atom is 0.323 e. The van der Waals surface area contributed by atoms with Gasteiger partial charge in [-0.25, -0.2) is 9.97 Å². The molecule has 5 nitrogen and oxygen atoms in total. The number of carbonyl (C=O) groups excluding carboxylic acids is 1. The molecule has 0 N–H and O–H groups in total. The van der Waals surface area contributed by atoms with Gasteiger partial charge >= 0.3 is 5.97 Å². The van der Waals surface area contributed by atoms with Crippen molar-refractivity contribution in [2.45, 2.75) is 10.3 Å². The quantitative estimate of drug-likeness (QED) is 0.548. The molecule has 0 aliphatic rings. The van der Waals surface area contributed by atoms with E-state index in [0.29, 0.717) is 5.03 Å². The molecule has 102 valence electrons. The van der Waals surface area contributed by atoms with Crippen LogP contribution in [0, 0.1) is 0 Å². The number of thioether (sulfide) groups is 1. The first-order valence-corrected chi connectivity index (χ1v) is 7.66. The summed E-state index contributed by atoms with van der Waals surface area (Å²) in [6, 6.07) is 1.92. The molecule has 3 aromatic heterocycles. The maximum atomic E-state index is 12.0. The van der Waals surface area contributed by atoms with Gasteiger partial charge in [-0.1, -0.05) is 11.8 Å². The minimum absolute atomic E-state index is 0.288. The Morgan fingerprint density at radius 3 is 2.90 bits per heavy atom. The molecule has 3 rings (SSSR count). The second-order valence-corrected chi connectivity index (χ2v) is 5.84. The third-order valence-electron chi connectivity index (χ3n) is 2.77. The summed E-state index contributed by atoms with van der Waals surface area (Å²) in [7, 11) is 1.39. The molecule has 20 heavy (non-hydrogen) atoms. The Labute approximate surface area is 123 Å². The zero-order valence-electron chi connectivity index (χ0n) is 10.6. The standard InChI is InChI=1S/C13H11N3O2S2/c1-18-13(17)10(9-2-7-19-8-9)20-12-11-14-3-5-16(11)6-4-15-12/h2-8,10H,1H3. The van der Waals surface area contributed by atoms with E-state index < -0.39 is 5.25 Å². The van der Waals surface area contributed by atoms with E-state index in [2.05, 4.69) is 9.97 Å². The van der Waals surface area contributed by atoms with Gasteiger partial charge in [0.25, 0.3) is 0 Å². The summed E-state index contributed by atoms with van der Waals surface area (Å²) in [5.74, 6) is -0.288. The van der Waals surface area contributed by atoms with Crippen LogP contribution >= 0.6 is 23.1 Å². The van der Waals surface area contributed by atoms with Crippen molar-refractivity contribution in [3.63, 3.8) is 0 Å². The molecule has 3 aromatic rings. The Morgan fingerprint density at radius 1 is 1.40 bits per heavy atom. The number of esters is 1. The minimum Gasteiger partial charge on any atom is -0.468 e. The van der Waals surface area contributed by atoms with Crippen LogP contribution in [0.1, 0.15) is 10.8 Å². The fraction of sp³-hybridized carbons (Fsp3) is 0.154. The number of imidazole rings is 1. The number of rotatable bonds is 4. The average molecular weight is 305 g/mol. The molecule has 0 radical (unpaired) electrons. The van der Waals surface area contributed by atoms with Gasteiger partial charge in [-0.15, -0.1) is 0 Å². The van der Waals surface area contributed by atoms with Crippen LogP contribution in [0.4, 0.5) is 0 Å². The van der Waals surface area contributed by atoms with E-state index in [1.165, 1.54) is 18.9 Å². The molecule has 0 saturated carbocycles. The average Bonchev–Trinajstić information content (AvgIpc) is 3.14. The maximum absolute atomic E-state index is 12.0. The highest BCUT2D eigenvalue weighted by Crippen LogP contribution is 2.37. The summed E-state index contributed by atoms with van der Waals surface area (Å²) in [6.07, 6.45) is 7.07. The summed E-state index contributed by atoms with van der Waals surface area (Å²) in [5.41, 5.74) is 1.66. The number of hydrogen-bond donors (Lipinski definition) is 0. The zero-order chi connectivity index (χ0) is 13.9. The Kier molecular flexibility index (Phi) is 3.70. The van der Waals surface area contributed by atoms with Gasteiger partial charge in [-0.3, -0.25) is 4.79 Å². The van der Waals surface area contributed by atoms with Gasteiger partial charge in [0.2, 0.25) is 0 Å². The predicted molar refractivity (Wildman–Crippen MR) is 77.9 cm³/mol. The van der Waals surface area contributed by atoms with E-state index >= 15 is 0 Å². The Morgan fingerprint density at radius 2 is 2.20 bits per heavy atom. The molecular formula is C13H11N3O2S2. The molecular weight excluding hydrogens is 294 g/mol. The van der Waals surface area contributed by atoms with Crippen LogP contribution in [0.5, 0.6) is 0 Å². The van der Waals surface area contributed by atoms with Crippen LogP contribution in [0.25, 0.3) is 5.65 Å². The lowest BCUT2D eigenvalue weighted by Gasteiger charge is -2.12. The number of thiophene rings is 1. The number of ether oxygens (including phenoxy) is 1. The van der Waals surface area contributed by atoms with Gasteiger partial charge in [0.1, 0.15) is 10.3 Å². The molecule has 1 unspecified atom stereocenters. The smallest absolute Gasteiger partial charge is 0.323 e. The molecule has 0 aliphatic heterocycles. The van der Waals surface area contributed by atoms with Crippen molar-refractivity contribution in [2.75, 3.05) is 7.11 Å². The molecule has 0 amide bonds. The van der Waals surface area contributed by atoms with Gasteiger partial charge in [0, 0.05) is 24.8 Å². The number of carbonyl (C=O) groups is 1. The largest absolute Gasteiger partial charge is 0.468 e. The van der Waals surface area contributed by atoms with E-state index in [-0.39, 0.29) is 5.97 Å². The van der Waals surface area contributed by atoms with Crippen LogP contribution in [0.3, 0.4) is 0 Å². The number of hydrogen-bond acceptors (Lipinski definition) is 6. The number of fused-ring (bicyclic) bond motifs is 1. The van der Waals surface area contributed by atoms with Crippen LogP contribution in [-0.4, -0.2) is 27.4 Å². The first-order chi connectivity index (χ1) is 9.79. The van der Waals surface area contributed by atoms with Gasteiger partial charge in [-0.05, 0) is 22.4 Å². The van der Waals surface area contributed by atoms with E-state index in [4.69, 9.17) is 4.74 Å². The topological polar surface area (TPSA) is 56.5 Å². The normalized spacial score (nSPS) is 12.4. The van der Waals surface area contributed by atoms with Crippen molar-refractivity contribution in [1.29, 1.82) is 0 Å². The summed E-state index contributed by atoms with van der Waals surface area (Å²) >= 11 is 2.90. The third kappa shape index (κ3) is 2.41. The fourth-order valence-electron chi connectivity index (χ4n) is 1.81. The molecule has 7 heteroatoms. The van der Waals surface area contributed by atoms with Crippen molar-refractivity contribution in [1.82, 2.24) is 14.4 Å². The monoisotopic (exact) mass is 305 g/mol. The molecule has 0 bridgehead atoms. The Hall–Kier alpha value is -1.86. The lowest BCUT2D eigenvalue weighted by atomic mass is 10.2. The van der Waals surface area contributed by atoms with Crippen LogP contribution < -0.4 is 0 Å². The molecule has 0 aromatic carbocycles. The molecule has 1 atom stereocenters. The summed E-state index contributed by atoms with van der Waals surface area (Å²) in [5, 5.41) is 4.16. The fourth-order valence-corrected chi connectivity index (χ4v) is 3.66. The lowest BCUT2D eigenvalue weighted by molar-refractivity contribution is -0.140.